The van der Waals surface area contributed by atoms with E-state index in [0.717, 1.165) is 69.5 Å². The van der Waals surface area contributed by atoms with Crippen molar-refractivity contribution >= 4 is 0 Å². The van der Waals surface area contributed by atoms with E-state index < -0.39 is 0 Å². The summed E-state index contributed by atoms with van der Waals surface area (Å²) < 4.78 is 12.7. The summed E-state index contributed by atoms with van der Waals surface area (Å²) in [5.41, 5.74) is 0. The monoisotopic (exact) mass is 831 g/mol. The summed E-state index contributed by atoms with van der Waals surface area (Å²) in [6.07, 6.45) is 43.8. The van der Waals surface area contributed by atoms with E-state index in [9.17, 15) is 5.11 Å². The van der Waals surface area contributed by atoms with Gasteiger partial charge in [0.15, 0.2) is 0 Å². The van der Waals surface area contributed by atoms with Gasteiger partial charge < -0.3 is 24.8 Å². The number of rotatable bonds is 45. The minimum Gasteiger partial charge on any atom is -0.498 e. The Bertz CT molecular complexity index is 925. The highest BCUT2D eigenvalue weighted by Crippen LogP contribution is 2.29. The number of piperazine rings is 1. The molecule has 1 aliphatic rings. The second-order valence-corrected chi connectivity index (χ2v) is 19.3. The van der Waals surface area contributed by atoms with Gasteiger partial charge in [-0.05, 0) is 63.7 Å². The smallest absolute Gasteiger partial charge is 0.0919 e. The Morgan fingerprint density at radius 1 is 0.525 bits per heavy atom. The van der Waals surface area contributed by atoms with Crippen molar-refractivity contribution in [3.05, 3.63) is 24.7 Å². The molecule has 1 heterocycles. The molecule has 2 N–H and O–H groups in total. The van der Waals surface area contributed by atoms with Gasteiger partial charge >= 0.3 is 0 Å². The second kappa shape index (κ2) is 41.0. The van der Waals surface area contributed by atoms with Crippen LogP contribution in [0.2, 0.25) is 0 Å². The Morgan fingerprint density at radius 2 is 0.932 bits per heavy atom. The lowest BCUT2D eigenvalue weighted by Gasteiger charge is -2.39. The summed E-state index contributed by atoms with van der Waals surface area (Å²) in [6.45, 7) is 25.7. The molecule has 0 amide bonds. The first-order valence-electron chi connectivity index (χ1n) is 26.6. The molecule has 0 aromatic heterocycles. The molecule has 59 heavy (non-hydrogen) atoms. The lowest BCUT2D eigenvalue weighted by Crippen LogP contribution is -2.56. The Hall–Kier alpha value is -1.04. The Labute approximate surface area is 370 Å². The number of allylic oxidation sites excluding steroid dienone is 2. The third-order valence-electron chi connectivity index (χ3n) is 13.4. The fraction of sp³-hybridized carbons (Fsp3) is 0.926. The normalized spacial score (nSPS) is 17.5. The van der Waals surface area contributed by atoms with E-state index in [1.54, 1.807) is 0 Å². The molecule has 0 aromatic rings. The average Bonchev–Trinajstić information content (AvgIpc) is 3.23. The predicted molar refractivity (Wildman–Crippen MR) is 260 cm³/mol. The third kappa shape index (κ3) is 32.3. The maximum atomic E-state index is 9.55. The molecule has 5 atom stereocenters. The second-order valence-electron chi connectivity index (χ2n) is 19.3. The maximum Gasteiger partial charge on any atom is 0.0919 e. The van der Waals surface area contributed by atoms with E-state index in [1.807, 2.05) is 0 Å². The molecule has 5 heteroatoms. The van der Waals surface area contributed by atoms with E-state index in [4.69, 9.17) is 9.47 Å². The first-order chi connectivity index (χ1) is 28.9. The van der Waals surface area contributed by atoms with E-state index in [0.29, 0.717) is 30.5 Å². The average molecular weight is 831 g/mol. The molecule has 0 saturated carbocycles. The molecule has 0 aromatic carbocycles. The van der Waals surface area contributed by atoms with Crippen LogP contribution in [-0.2, 0) is 9.47 Å². The Morgan fingerprint density at radius 3 is 1.42 bits per heavy atom. The number of unbranched alkanes of at least 4 members (excludes halogenated alkanes) is 20. The molecule has 0 spiro atoms. The zero-order valence-corrected chi connectivity index (χ0v) is 40.8. The van der Waals surface area contributed by atoms with Gasteiger partial charge in [0.2, 0.25) is 0 Å². The molecule has 5 unspecified atom stereocenters. The Balaban J connectivity index is 2.37. The summed E-state index contributed by atoms with van der Waals surface area (Å²) in [7, 11) is 0. The van der Waals surface area contributed by atoms with Crippen LogP contribution in [0.5, 0.6) is 0 Å². The molecular formula is C54H106N2O3. The van der Waals surface area contributed by atoms with Crippen LogP contribution < -0.4 is 5.32 Å². The fourth-order valence-corrected chi connectivity index (χ4v) is 9.49. The van der Waals surface area contributed by atoms with Gasteiger partial charge in [-0.3, -0.25) is 0 Å². The van der Waals surface area contributed by atoms with Crippen molar-refractivity contribution in [2.24, 2.45) is 17.8 Å². The molecule has 0 radical (unpaired) electrons. The molecule has 1 fully saturated rings. The maximum absolute atomic E-state index is 9.55. The van der Waals surface area contributed by atoms with Crippen LogP contribution >= 0.6 is 0 Å². The standard InChI is InChI=1S/C54H106N2O3/c1-8-12-16-19-21-28-37-51(36-27-18-14-10-3)49(6)58-43-32-25-23-30-39-53-46-56(41-34-42-57)47-54(55-53)40-31-24-26-33-44-59-50(7)52(45-48(5)35-15-11-4)38-29-22-20-17-13-9-2/h48,51-55,57H,6-47H2,1-5H3. The van der Waals surface area contributed by atoms with Gasteiger partial charge in [0.25, 0.3) is 0 Å². The van der Waals surface area contributed by atoms with Gasteiger partial charge in [-0.2, -0.15) is 0 Å². The van der Waals surface area contributed by atoms with E-state index in [2.05, 4.69) is 58.0 Å². The minimum absolute atomic E-state index is 0.290. The first-order valence-corrected chi connectivity index (χ1v) is 26.6. The number of hydrogen-bond acceptors (Lipinski definition) is 5. The van der Waals surface area contributed by atoms with E-state index in [-0.39, 0.29) is 0 Å². The summed E-state index contributed by atoms with van der Waals surface area (Å²) in [5.74, 6) is 3.96. The number of aliphatic hydroxyl groups excluding tert-OH is 1. The van der Waals surface area contributed by atoms with E-state index in [1.165, 1.54) is 199 Å². The molecule has 0 aliphatic carbocycles. The minimum atomic E-state index is 0.290. The van der Waals surface area contributed by atoms with Crippen LogP contribution in [0.4, 0.5) is 0 Å². The van der Waals surface area contributed by atoms with Crippen LogP contribution in [0.1, 0.15) is 253 Å². The molecule has 1 rings (SSSR count). The van der Waals surface area contributed by atoms with Gasteiger partial charge in [-0.25, -0.2) is 0 Å². The highest BCUT2D eigenvalue weighted by atomic mass is 16.5. The number of hydrogen-bond donors (Lipinski definition) is 2. The van der Waals surface area contributed by atoms with Crippen molar-refractivity contribution in [2.75, 3.05) is 39.5 Å². The van der Waals surface area contributed by atoms with Gasteiger partial charge in [0.1, 0.15) is 0 Å². The van der Waals surface area contributed by atoms with Crippen LogP contribution in [-0.4, -0.2) is 61.5 Å². The molecule has 1 saturated heterocycles. The van der Waals surface area contributed by atoms with Crippen molar-refractivity contribution in [1.29, 1.82) is 0 Å². The SMILES string of the molecule is C=C(OCCCCCCC1CN(CCCO)CC(CCCCCCOC(=C)C(CCCCCCCC)CC(C)CCCC)N1)C(CCCCCC)CCCCCCCC. The highest BCUT2D eigenvalue weighted by Gasteiger charge is 2.25. The number of ether oxygens (including phenoxy) is 2. The topological polar surface area (TPSA) is 54.0 Å². The van der Waals surface area contributed by atoms with Crippen molar-refractivity contribution in [1.82, 2.24) is 10.2 Å². The lowest BCUT2D eigenvalue weighted by atomic mass is 9.87. The fourth-order valence-electron chi connectivity index (χ4n) is 9.49. The first kappa shape index (κ1) is 56.0. The predicted octanol–water partition coefficient (Wildman–Crippen LogP) is 15.9. The highest BCUT2D eigenvalue weighted by molar-refractivity contribution is 4.93. The van der Waals surface area contributed by atoms with Gasteiger partial charge in [-0.15, -0.1) is 0 Å². The summed E-state index contributed by atoms with van der Waals surface area (Å²) in [4.78, 5) is 2.62. The summed E-state index contributed by atoms with van der Waals surface area (Å²) in [5, 5.41) is 13.6. The number of aliphatic hydroxyl groups is 1. The third-order valence-corrected chi connectivity index (χ3v) is 13.4. The number of nitrogens with zero attached hydrogens (tertiary/aromatic N) is 1. The van der Waals surface area contributed by atoms with Gasteiger partial charge in [-0.1, -0.05) is 208 Å². The van der Waals surface area contributed by atoms with Crippen molar-refractivity contribution in [2.45, 2.75) is 265 Å². The molecule has 0 bridgehead atoms. The van der Waals surface area contributed by atoms with Gasteiger partial charge in [0.05, 0.1) is 24.7 Å². The largest absolute Gasteiger partial charge is 0.498 e. The lowest BCUT2D eigenvalue weighted by molar-refractivity contribution is 0.135. The molecular weight excluding hydrogens is 725 g/mol. The Kier molecular flexibility index (Phi) is 38.9. The van der Waals surface area contributed by atoms with Crippen molar-refractivity contribution in [3.8, 4) is 0 Å². The summed E-state index contributed by atoms with van der Waals surface area (Å²) in [6, 6.07) is 1.12. The molecule has 1 aliphatic heterocycles. The van der Waals surface area contributed by atoms with Crippen molar-refractivity contribution < 1.29 is 14.6 Å². The zero-order valence-electron chi connectivity index (χ0n) is 40.8. The van der Waals surface area contributed by atoms with Crippen LogP contribution in [0.3, 0.4) is 0 Å². The van der Waals surface area contributed by atoms with Crippen LogP contribution in [0, 0.1) is 17.8 Å². The number of nitrogens with one attached hydrogen (secondary N) is 1. The quantitative estimate of drug-likeness (QED) is 0.0473. The van der Waals surface area contributed by atoms with Crippen LogP contribution in [0.25, 0.3) is 0 Å². The van der Waals surface area contributed by atoms with Crippen molar-refractivity contribution in [3.63, 3.8) is 0 Å². The summed E-state index contributed by atoms with van der Waals surface area (Å²) >= 11 is 0. The van der Waals surface area contributed by atoms with Gasteiger partial charge in [0, 0.05) is 50.2 Å². The molecule has 350 valence electrons. The van der Waals surface area contributed by atoms with Crippen LogP contribution in [0.15, 0.2) is 24.7 Å². The van der Waals surface area contributed by atoms with E-state index >= 15 is 0 Å². The molecule has 5 nitrogen and oxygen atoms in total. The zero-order chi connectivity index (χ0) is 43.0.